The number of carbonyl (C=O) groups excluding carboxylic acids is 1. The number of aryl methyl sites for hydroxylation is 1. The summed E-state index contributed by atoms with van der Waals surface area (Å²) in [7, 11) is 0. The molecule has 0 atom stereocenters. The Bertz CT molecular complexity index is 582. The molecule has 1 fully saturated rings. The largest absolute Gasteiger partial charge is 0.309 e. The molecule has 1 aromatic carbocycles. The third-order valence-corrected chi connectivity index (χ3v) is 3.31. The van der Waals surface area contributed by atoms with E-state index in [1.165, 1.54) is 11.1 Å². The van der Waals surface area contributed by atoms with Crippen LogP contribution in [0.5, 0.6) is 0 Å². The van der Waals surface area contributed by atoms with Crippen LogP contribution < -0.4 is 5.32 Å². The van der Waals surface area contributed by atoms with E-state index in [0.29, 0.717) is 5.82 Å². The van der Waals surface area contributed by atoms with Crippen molar-refractivity contribution in [3.05, 3.63) is 47.7 Å². The summed E-state index contributed by atoms with van der Waals surface area (Å²) in [4.78, 5) is 11.6. The highest BCUT2D eigenvalue weighted by Gasteiger charge is 2.29. The van der Waals surface area contributed by atoms with Crippen LogP contribution >= 0.6 is 0 Å². The van der Waals surface area contributed by atoms with Gasteiger partial charge < -0.3 is 5.32 Å². The molecule has 0 saturated heterocycles. The summed E-state index contributed by atoms with van der Waals surface area (Å²) >= 11 is 0. The summed E-state index contributed by atoms with van der Waals surface area (Å²) < 4.78 is 1.84. The zero-order valence-corrected chi connectivity index (χ0v) is 11.0. The molecule has 98 valence electrons. The number of hydrogen-bond acceptors (Lipinski definition) is 2. The SMILES string of the molecule is Cc1ccc(Cn2ccc(NC(=O)C3CC3)n2)cc1. The Kier molecular flexibility index (Phi) is 3.07. The van der Waals surface area contributed by atoms with E-state index in [1.807, 2.05) is 16.9 Å². The van der Waals surface area contributed by atoms with Crippen molar-refractivity contribution in [1.29, 1.82) is 0 Å². The molecule has 2 aromatic rings. The first-order valence-electron chi connectivity index (χ1n) is 6.60. The number of hydrogen-bond donors (Lipinski definition) is 1. The third-order valence-electron chi connectivity index (χ3n) is 3.31. The first-order chi connectivity index (χ1) is 9.20. The Morgan fingerprint density at radius 2 is 2.05 bits per heavy atom. The average molecular weight is 255 g/mol. The fourth-order valence-corrected chi connectivity index (χ4v) is 1.97. The number of rotatable bonds is 4. The summed E-state index contributed by atoms with van der Waals surface area (Å²) in [5, 5.41) is 7.21. The van der Waals surface area contributed by atoms with Gasteiger partial charge in [-0.15, -0.1) is 0 Å². The summed E-state index contributed by atoms with van der Waals surface area (Å²) in [5.74, 6) is 0.951. The van der Waals surface area contributed by atoms with Gasteiger partial charge in [0.15, 0.2) is 5.82 Å². The average Bonchev–Trinajstić information content (AvgIpc) is 3.16. The lowest BCUT2D eigenvalue weighted by Gasteiger charge is -2.03. The van der Waals surface area contributed by atoms with Crippen molar-refractivity contribution in [1.82, 2.24) is 9.78 Å². The highest BCUT2D eigenvalue weighted by Crippen LogP contribution is 2.29. The van der Waals surface area contributed by atoms with Crippen molar-refractivity contribution in [3.63, 3.8) is 0 Å². The minimum atomic E-state index is 0.0978. The van der Waals surface area contributed by atoms with Gasteiger partial charge in [-0.3, -0.25) is 9.48 Å². The molecule has 4 heteroatoms. The van der Waals surface area contributed by atoms with E-state index in [9.17, 15) is 4.79 Å². The summed E-state index contributed by atoms with van der Waals surface area (Å²) in [6.45, 7) is 2.79. The first kappa shape index (κ1) is 12.0. The van der Waals surface area contributed by atoms with Gasteiger partial charge >= 0.3 is 0 Å². The Morgan fingerprint density at radius 1 is 1.32 bits per heavy atom. The normalized spacial score (nSPS) is 14.4. The lowest BCUT2D eigenvalue weighted by atomic mass is 10.1. The molecule has 19 heavy (non-hydrogen) atoms. The lowest BCUT2D eigenvalue weighted by molar-refractivity contribution is -0.117. The molecule has 0 bridgehead atoms. The van der Waals surface area contributed by atoms with Crippen LogP contribution in [-0.4, -0.2) is 15.7 Å². The van der Waals surface area contributed by atoms with Gasteiger partial charge in [0.1, 0.15) is 0 Å². The fourth-order valence-electron chi connectivity index (χ4n) is 1.97. The second-order valence-corrected chi connectivity index (χ2v) is 5.15. The van der Waals surface area contributed by atoms with Crippen LogP contribution in [0.4, 0.5) is 5.82 Å². The van der Waals surface area contributed by atoms with Gasteiger partial charge in [0.2, 0.25) is 5.91 Å². The van der Waals surface area contributed by atoms with E-state index < -0.39 is 0 Å². The maximum atomic E-state index is 11.6. The number of aromatic nitrogens is 2. The van der Waals surface area contributed by atoms with Crippen LogP contribution in [0.2, 0.25) is 0 Å². The number of benzene rings is 1. The van der Waals surface area contributed by atoms with E-state index in [0.717, 1.165) is 19.4 Å². The van der Waals surface area contributed by atoms with E-state index >= 15 is 0 Å². The molecule has 1 saturated carbocycles. The van der Waals surface area contributed by atoms with Crippen LogP contribution in [0.15, 0.2) is 36.5 Å². The molecule has 1 aliphatic rings. The van der Waals surface area contributed by atoms with E-state index in [-0.39, 0.29) is 11.8 Å². The van der Waals surface area contributed by atoms with Gasteiger partial charge in [0.05, 0.1) is 6.54 Å². The zero-order chi connectivity index (χ0) is 13.2. The quantitative estimate of drug-likeness (QED) is 0.912. The van der Waals surface area contributed by atoms with E-state index in [4.69, 9.17) is 0 Å². The summed E-state index contributed by atoms with van der Waals surface area (Å²) in [5.41, 5.74) is 2.45. The predicted octanol–water partition coefficient (Wildman–Crippen LogP) is 2.59. The predicted molar refractivity (Wildman–Crippen MR) is 73.9 cm³/mol. The van der Waals surface area contributed by atoms with Crippen molar-refractivity contribution < 1.29 is 4.79 Å². The maximum absolute atomic E-state index is 11.6. The topological polar surface area (TPSA) is 46.9 Å². The van der Waals surface area contributed by atoms with Crippen molar-refractivity contribution in [2.75, 3.05) is 5.32 Å². The molecule has 1 aliphatic carbocycles. The van der Waals surface area contributed by atoms with Crippen LogP contribution in [-0.2, 0) is 11.3 Å². The molecule has 0 aliphatic heterocycles. The summed E-state index contributed by atoms with van der Waals surface area (Å²) in [6, 6.07) is 10.2. The second-order valence-electron chi connectivity index (χ2n) is 5.15. The van der Waals surface area contributed by atoms with Crippen LogP contribution in [0.3, 0.4) is 0 Å². The van der Waals surface area contributed by atoms with Gasteiger partial charge in [-0.1, -0.05) is 29.8 Å². The number of amides is 1. The van der Waals surface area contributed by atoms with Crippen molar-refractivity contribution in [3.8, 4) is 0 Å². The van der Waals surface area contributed by atoms with Crippen LogP contribution in [0.1, 0.15) is 24.0 Å². The van der Waals surface area contributed by atoms with Gasteiger partial charge in [0, 0.05) is 18.2 Å². The molecule has 0 unspecified atom stereocenters. The Hall–Kier alpha value is -2.10. The first-order valence-corrected chi connectivity index (χ1v) is 6.60. The van der Waals surface area contributed by atoms with Crippen LogP contribution in [0.25, 0.3) is 0 Å². The van der Waals surface area contributed by atoms with Crippen molar-refractivity contribution >= 4 is 11.7 Å². The Balaban J connectivity index is 1.64. The van der Waals surface area contributed by atoms with Gasteiger partial charge in [-0.25, -0.2) is 0 Å². The summed E-state index contributed by atoms with van der Waals surface area (Å²) in [6.07, 6.45) is 3.91. The van der Waals surface area contributed by atoms with Gasteiger partial charge in [-0.2, -0.15) is 5.10 Å². The molecule has 1 N–H and O–H groups in total. The highest BCUT2D eigenvalue weighted by atomic mass is 16.2. The fraction of sp³-hybridized carbons (Fsp3) is 0.333. The lowest BCUT2D eigenvalue weighted by Crippen LogP contribution is -2.14. The van der Waals surface area contributed by atoms with Gasteiger partial charge in [-0.05, 0) is 25.3 Å². The minimum absolute atomic E-state index is 0.0978. The molecule has 3 rings (SSSR count). The molecule has 0 radical (unpaired) electrons. The highest BCUT2D eigenvalue weighted by molar-refractivity contribution is 5.93. The van der Waals surface area contributed by atoms with E-state index in [2.05, 4.69) is 41.6 Å². The molecule has 0 spiro atoms. The third kappa shape index (κ3) is 3.02. The van der Waals surface area contributed by atoms with Gasteiger partial charge in [0.25, 0.3) is 0 Å². The molecule has 4 nitrogen and oxygen atoms in total. The number of nitrogens with zero attached hydrogens (tertiary/aromatic N) is 2. The van der Waals surface area contributed by atoms with Crippen molar-refractivity contribution in [2.24, 2.45) is 5.92 Å². The molecule has 1 amide bonds. The number of carbonyl (C=O) groups is 1. The standard InChI is InChI=1S/C15H17N3O/c1-11-2-4-12(5-3-11)10-18-9-8-14(17-18)16-15(19)13-6-7-13/h2-5,8-9,13H,6-7,10H2,1H3,(H,16,17,19). The Morgan fingerprint density at radius 3 is 2.74 bits per heavy atom. The monoisotopic (exact) mass is 255 g/mol. The van der Waals surface area contributed by atoms with E-state index in [1.54, 1.807) is 0 Å². The van der Waals surface area contributed by atoms with Crippen LogP contribution in [0, 0.1) is 12.8 Å². The van der Waals surface area contributed by atoms with Crippen molar-refractivity contribution in [2.45, 2.75) is 26.3 Å². The molecular weight excluding hydrogens is 238 g/mol. The molecule has 1 heterocycles. The second kappa shape index (κ2) is 4.88. The number of nitrogens with one attached hydrogen (secondary N) is 1. The molecule has 1 aromatic heterocycles. The smallest absolute Gasteiger partial charge is 0.228 e. The minimum Gasteiger partial charge on any atom is -0.309 e. The molecular formula is C15H17N3O. The number of anilines is 1. The maximum Gasteiger partial charge on any atom is 0.228 e. The zero-order valence-electron chi connectivity index (χ0n) is 11.0. The Labute approximate surface area is 112 Å².